The minimum absolute atomic E-state index is 0.130. The van der Waals surface area contributed by atoms with E-state index < -0.39 is 25.1 Å². The molecule has 4 rings (SSSR count). The second kappa shape index (κ2) is 14.8. The number of hydrogen-bond donors (Lipinski definition) is 6. The third-order valence-electron chi connectivity index (χ3n) is 12.3. The topological polar surface area (TPSA) is 179 Å². The highest BCUT2D eigenvalue weighted by molar-refractivity contribution is 7.55. The standard InChI is InChI=1S/C28H50NO3P.C6H15N3O/c1-19(2)7-6-8-20(3)23-11-12-24-22-10-9-21-17-28(30,18-33(29,31)32)16-15-26(21,4)25(22)13-14-27(23,24)5;7-4-2-1-3-5(8)6(9)10/h9,19-20,22-25,30H,6-8,10-18H2,1-5H3,(H3,29,31,32);5H,1-4,7-8H2,(H2,9,10)/t20-,22+,23-,24+,25+,26+,27-,28?;5-/m10/s1. The molecule has 8 nitrogen and oxygen atoms in total. The molecule has 9 heteroatoms. The van der Waals surface area contributed by atoms with Crippen LogP contribution in [0.3, 0.4) is 0 Å². The molecule has 0 saturated heterocycles. The summed E-state index contributed by atoms with van der Waals surface area (Å²) in [5.74, 6) is 4.35. The van der Waals surface area contributed by atoms with Crippen molar-refractivity contribution in [2.75, 3.05) is 12.7 Å². The number of primary amides is 1. The molecule has 0 radical (unpaired) electrons. The lowest BCUT2D eigenvalue weighted by molar-refractivity contribution is -0.119. The van der Waals surface area contributed by atoms with Gasteiger partial charge in [-0.05, 0) is 117 Å². The lowest BCUT2D eigenvalue weighted by Crippen LogP contribution is -2.53. The van der Waals surface area contributed by atoms with Crippen LogP contribution in [-0.2, 0) is 9.36 Å². The molecule has 0 heterocycles. The largest absolute Gasteiger partial charge is 0.389 e. The summed E-state index contributed by atoms with van der Waals surface area (Å²) in [5, 5.41) is 11.1. The third kappa shape index (κ3) is 8.95. The van der Waals surface area contributed by atoms with Gasteiger partial charge in [0.1, 0.15) is 0 Å². The lowest BCUT2D eigenvalue weighted by atomic mass is 9.46. The first-order valence-electron chi connectivity index (χ1n) is 17.2. The molecule has 0 aromatic carbocycles. The zero-order valence-corrected chi connectivity index (χ0v) is 28.8. The number of allylic oxidation sites excluding steroid dienone is 1. The summed E-state index contributed by atoms with van der Waals surface area (Å²) in [7, 11) is -3.73. The Hall–Kier alpha value is -0.760. The summed E-state index contributed by atoms with van der Waals surface area (Å²) in [6.45, 7) is 12.9. The van der Waals surface area contributed by atoms with Gasteiger partial charge < -0.3 is 27.2 Å². The minimum atomic E-state index is -3.73. The monoisotopic (exact) mass is 624 g/mol. The van der Waals surface area contributed by atoms with E-state index in [9.17, 15) is 19.4 Å². The molecule has 43 heavy (non-hydrogen) atoms. The van der Waals surface area contributed by atoms with Gasteiger partial charge in [0, 0.05) is 0 Å². The van der Waals surface area contributed by atoms with Crippen LogP contribution in [0.2, 0.25) is 0 Å². The smallest absolute Gasteiger partial charge is 0.267 e. The second-order valence-corrected chi connectivity index (χ2v) is 17.7. The summed E-state index contributed by atoms with van der Waals surface area (Å²) < 4.78 is 11.9. The van der Waals surface area contributed by atoms with Crippen molar-refractivity contribution in [2.45, 2.75) is 136 Å². The maximum Gasteiger partial charge on any atom is 0.267 e. The number of nitrogens with two attached hydrogens (primary N) is 4. The molecule has 0 aromatic heterocycles. The molecule has 2 unspecified atom stereocenters. The van der Waals surface area contributed by atoms with Crippen LogP contribution in [0.1, 0.15) is 125 Å². The molecule has 0 aromatic rings. The highest BCUT2D eigenvalue weighted by Crippen LogP contribution is 2.68. The van der Waals surface area contributed by atoms with Crippen molar-refractivity contribution in [1.82, 2.24) is 0 Å². The SMILES string of the molecule is CC(C)CCC[C@@H](C)[C@H]1CC[C@H]2[C@@H]3CC=C4CC(O)(CP(N)(=O)O)CC[C@]4(C)[C@H]3CC[C@]12C.NCCCC[C@H](N)C(N)=O. The molecule has 10 atom stereocenters. The Morgan fingerprint density at radius 1 is 1.02 bits per heavy atom. The zero-order valence-electron chi connectivity index (χ0n) is 27.9. The van der Waals surface area contributed by atoms with Crippen LogP contribution >= 0.6 is 7.52 Å². The molecular weight excluding hydrogens is 559 g/mol. The Bertz CT molecular complexity index is 1020. The van der Waals surface area contributed by atoms with Gasteiger partial charge in [0.15, 0.2) is 0 Å². The van der Waals surface area contributed by atoms with Crippen LogP contribution in [0.15, 0.2) is 11.6 Å². The van der Waals surface area contributed by atoms with E-state index in [0.717, 1.165) is 55.3 Å². The van der Waals surface area contributed by atoms with Crippen molar-refractivity contribution >= 4 is 13.4 Å². The molecule has 0 aliphatic heterocycles. The van der Waals surface area contributed by atoms with Gasteiger partial charge in [0.2, 0.25) is 5.91 Å². The van der Waals surface area contributed by atoms with Crippen LogP contribution in [0, 0.1) is 46.3 Å². The average Bonchev–Trinajstić information content (AvgIpc) is 3.25. The lowest BCUT2D eigenvalue weighted by Gasteiger charge is -2.59. The van der Waals surface area contributed by atoms with E-state index in [1.165, 1.54) is 50.5 Å². The van der Waals surface area contributed by atoms with Crippen molar-refractivity contribution < 1.29 is 19.4 Å². The Morgan fingerprint density at radius 3 is 2.33 bits per heavy atom. The van der Waals surface area contributed by atoms with Gasteiger partial charge in [-0.2, -0.15) is 0 Å². The van der Waals surface area contributed by atoms with Crippen LogP contribution in [0.5, 0.6) is 0 Å². The molecule has 3 fully saturated rings. The highest BCUT2D eigenvalue weighted by Gasteiger charge is 2.60. The molecule has 1 amide bonds. The van der Waals surface area contributed by atoms with E-state index in [0.29, 0.717) is 37.1 Å². The van der Waals surface area contributed by atoms with Crippen LogP contribution in [-0.4, -0.2) is 40.3 Å². The number of carbonyl (C=O) groups is 1. The Kier molecular flexibility index (Phi) is 12.6. The zero-order chi connectivity index (χ0) is 32.2. The van der Waals surface area contributed by atoms with E-state index in [1.54, 1.807) is 0 Å². The molecule has 0 spiro atoms. The quantitative estimate of drug-likeness (QED) is 0.0898. The van der Waals surface area contributed by atoms with E-state index in [-0.39, 0.29) is 11.6 Å². The number of carbonyl (C=O) groups excluding carboxylic acids is 1. The van der Waals surface area contributed by atoms with E-state index >= 15 is 0 Å². The van der Waals surface area contributed by atoms with Crippen molar-refractivity contribution in [3.63, 3.8) is 0 Å². The van der Waals surface area contributed by atoms with Crippen molar-refractivity contribution in [1.29, 1.82) is 0 Å². The fourth-order valence-electron chi connectivity index (χ4n) is 9.94. The number of rotatable bonds is 12. The third-order valence-corrected chi connectivity index (χ3v) is 13.4. The number of aliphatic hydroxyl groups is 1. The molecule has 4 aliphatic carbocycles. The Morgan fingerprint density at radius 2 is 1.72 bits per heavy atom. The molecule has 10 N–H and O–H groups in total. The maximum atomic E-state index is 11.9. The highest BCUT2D eigenvalue weighted by atomic mass is 31.2. The van der Waals surface area contributed by atoms with Gasteiger partial charge in [-0.1, -0.05) is 72.0 Å². The molecule has 0 bridgehead atoms. The number of hydrogen-bond acceptors (Lipinski definition) is 5. The fourth-order valence-corrected chi connectivity index (χ4v) is 11.1. The summed E-state index contributed by atoms with van der Waals surface area (Å²) in [6, 6.07) is -0.494. The number of fused-ring (bicyclic) bond motifs is 5. The Balaban J connectivity index is 0.000000436. The first kappa shape index (κ1) is 36.7. The molecule has 4 aliphatic rings. The summed E-state index contributed by atoms with van der Waals surface area (Å²) in [6.07, 6.45) is 17.4. The van der Waals surface area contributed by atoms with Crippen molar-refractivity contribution in [3.05, 3.63) is 11.6 Å². The molecule has 250 valence electrons. The van der Waals surface area contributed by atoms with Gasteiger partial charge in [-0.3, -0.25) is 14.9 Å². The van der Waals surface area contributed by atoms with Crippen molar-refractivity contribution in [3.8, 4) is 0 Å². The minimum Gasteiger partial charge on any atom is -0.389 e. The fraction of sp³-hybridized carbons (Fsp3) is 0.912. The molecule has 3 saturated carbocycles. The summed E-state index contributed by atoms with van der Waals surface area (Å²) in [5.41, 5.74) is 21.8. The number of unbranched alkanes of at least 4 members (excludes halogenated alkanes) is 1. The Labute approximate surface area is 262 Å². The van der Waals surface area contributed by atoms with Gasteiger partial charge in [0.25, 0.3) is 7.52 Å². The van der Waals surface area contributed by atoms with Crippen LogP contribution in [0.25, 0.3) is 0 Å². The maximum absolute atomic E-state index is 11.9. The van der Waals surface area contributed by atoms with Crippen LogP contribution in [0.4, 0.5) is 0 Å². The predicted molar refractivity (Wildman–Crippen MR) is 177 cm³/mol. The first-order chi connectivity index (χ1) is 20.0. The number of amides is 1. The second-order valence-electron chi connectivity index (χ2n) is 15.9. The van der Waals surface area contributed by atoms with E-state index in [4.69, 9.17) is 22.7 Å². The van der Waals surface area contributed by atoms with Crippen LogP contribution < -0.4 is 22.7 Å². The summed E-state index contributed by atoms with van der Waals surface area (Å²) in [4.78, 5) is 20.1. The average molecular weight is 625 g/mol. The van der Waals surface area contributed by atoms with E-state index in [2.05, 4.69) is 40.7 Å². The predicted octanol–water partition coefficient (Wildman–Crippen LogP) is 5.83. The van der Waals surface area contributed by atoms with Gasteiger partial charge >= 0.3 is 0 Å². The van der Waals surface area contributed by atoms with Gasteiger partial charge in [0.05, 0.1) is 17.8 Å². The molecular formula is C34H65N4O4P. The van der Waals surface area contributed by atoms with E-state index in [1.807, 2.05) is 0 Å². The van der Waals surface area contributed by atoms with Crippen molar-refractivity contribution in [2.24, 2.45) is 69.0 Å². The summed E-state index contributed by atoms with van der Waals surface area (Å²) >= 11 is 0. The first-order valence-corrected chi connectivity index (χ1v) is 19.1. The normalized spacial score (nSPS) is 38.0. The van der Waals surface area contributed by atoms with Gasteiger partial charge in [-0.15, -0.1) is 0 Å². The van der Waals surface area contributed by atoms with Gasteiger partial charge in [-0.25, -0.2) is 0 Å².